The van der Waals surface area contributed by atoms with E-state index in [-0.39, 0.29) is 25.5 Å². The van der Waals surface area contributed by atoms with Crippen molar-refractivity contribution < 1.29 is 23.5 Å². The lowest BCUT2D eigenvalue weighted by Gasteiger charge is -2.15. The van der Waals surface area contributed by atoms with Crippen molar-refractivity contribution in [3.05, 3.63) is 54.5 Å². The number of furan rings is 1. The van der Waals surface area contributed by atoms with Gasteiger partial charge in [0.15, 0.2) is 6.61 Å². The number of likely N-dealkylation sites (tertiary alicyclic amines) is 1. The van der Waals surface area contributed by atoms with Crippen LogP contribution < -0.4 is 15.6 Å². The summed E-state index contributed by atoms with van der Waals surface area (Å²) in [6, 6.07) is 12.4. The van der Waals surface area contributed by atoms with Crippen LogP contribution in [0.4, 0.5) is 0 Å². The minimum Gasteiger partial charge on any atom is -0.484 e. The van der Waals surface area contributed by atoms with Crippen LogP contribution in [0.2, 0.25) is 0 Å². The SMILES string of the molecule is O=C(COc1ccccc1)NNC(=O)C1CC(=O)N(Cc2ccco2)C1. The Bertz CT molecular complexity index is 760. The first kappa shape index (κ1) is 17.5. The Morgan fingerprint density at radius 3 is 2.69 bits per heavy atom. The second-order valence-electron chi connectivity index (χ2n) is 5.89. The number of hydrazine groups is 1. The molecular weight excluding hydrogens is 338 g/mol. The zero-order valence-electron chi connectivity index (χ0n) is 14.0. The van der Waals surface area contributed by atoms with Gasteiger partial charge in [-0.1, -0.05) is 18.2 Å². The maximum Gasteiger partial charge on any atom is 0.276 e. The average Bonchev–Trinajstić information content (AvgIpc) is 3.29. The van der Waals surface area contributed by atoms with E-state index in [1.807, 2.05) is 6.07 Å². The molecule has 1 aromatic carbocycles. The number of hydrogen-bond acceptors (Lipinski definition) is 5. The zero-order chi connectivity index (χ0) is 18.4. The molecule has 1 saturated heterocycles. The number of ether oxygens (including phenoxy) is 1. The number of amides is 3. The standard InChI is InChI=1S/C18H19N3O5/c22-16(12-26-14-5-2-1-3-6-14)19-20-18(24)13-9-17(23)21(10-13)11-15-7-4-8-25-15/h1-8,13H,9-12H2,(H,19,22)(H,20,24). The summed E-state index contributed by atoms with van der Waals surface area (Å²) in [4.78, 5) is 37.5. The molecule has 0 spiro atoms. The molecule has 136 valence electrons. The summed E-state index contributed by atoms with van der Waals surface area (Å²) in [6.45, 7) is 0.382. The summed E-state index contributed by atoms with van der Waals surface area (Å²) in [6.07, 6.45) is 1.63. The van der Waals surface area contributed by atoms with Crippen LogP contribution in [-0.2, 0) is 20.9 Å². The molecule has 2 N–H and O–H groups in total. The summed E-state index contributed by atoms with van der Waals surface area (Å²) in [5, 5.41) is 0. The van der Waals surface area contributed by atoms with Crippen molar-refractivity contribution in [2.24, 2.45) is 5.92 Å². The molecule has 3 rings (SSSR count). The number of carbonyl (C=O) groups is 3. The number of carbonyl (C=O) groups excluding carboxylic acids is 3. The second kappa shape index (κ2) is 8.19. The summed E-state index contributed by atoms with van der Waals surface area (Å²) >= 11 is 0. The van der Waals surface area contributed by atoms with Crippen molar-refractivity contribution in [1.82, 2.24) is 15.8 Å². The Morgan fingerprint density at radius 1 is 1.15 bits per heavy atom. The quantitative estimate of drug-likeness (QED) is 0.747. The van der Waals surface area contributed by atoms with E-state index < -0.39 is 17.7 Å². The molecule has 8 heteroatoms. The Labute approximate surface area is 150 Å². The third kappa shape index (κ3) is 4.62. The fourth-order valence-electron chi connectivity index (χ4n) is 2.63. The van der Waals surface area contributed by atoms with Crippen LogP contribution in [0.5, 0.6) is 5.75 Å². The van der Waals surface area contributed by atoms with Crippen LogP contribution >= 0.6 is 0 Å². The topological polar surface area (TPSA) is 101 Å². The molecule has 1 fully saturated rings. The number of para-hydroxylation sites is 1. The maximum absolute atomic E-state index is 12.1. The number of nitrogens with one attached hydrogen (secondary N) is 2. The van der Waals surface area contributed by atoms with Crippen LogP contribution in [-0.4, -0.2) is 35.8 Å². The minimum atomic E-state index is -0.521. The van der Waals surface area contributed by atoms with E-state index in [9.17, 15) is 14.4 Å². The van der Waals surface area contributed by atoms with Gasteiger partial charge in [-0.25, -0.2) is 0 Å². The fourth-order valence-corrected chi connectivity index (χ4v) is 2.63. The molecular formula is C18H19N3O5. The summed E-state index contributed by atoms with van der Waals surface area (Å²) in [7, 11) is 0. The molecule has 0 bridgehead atoms. The fraction of sp³-hybridized carbons (Fsp3) is 0.278. The van der Waals surface area contributed by atoms with E-state index in [1.54, 1.807) is 41.3 Å². The number of benzene rings is 1. The van der Waals surface area contributed by atoms with E-state index in [4.69, 9.17) is 9.15 Å². The highest BCUT2D eigenvalue weighted by Gasteiger charge is 2.34. The van der Waals surface area contributed by atoms with Gasteiger partial charge < -0.3 is 14.1 Å². The Kier molecular flexibility index (Phi) is 5.52. The predicted octanol–water partition coefficient (Wildman–Crippen LogP) is 0.854. The largest absolute Gasteiger partial charge is 0.484 e. The van der Waals surface area contributed by atoms with Crippen LogP contribution in [0.15, 0.2) is 53.1 Å². The van der Waals surface area contributed by atoms with Crippen LogP contribution in [0.25, 0.3) is 0 Å². The first-order valence-corrected chi connectivity index (χ1v) is 8.18. The Hall–Kier alpha value is -3.29. The smallest absolute Gasteiger partial charge is 0.276 e. The van der Waals surface area contributed by atoms with Crippen molar-refractivity contribution in [3.8, 4) is 5.75 Å². The third-order valence-electron chi connectivity index (χ3n) is 3.95. The minimum absolute atomic E-state index is 0.100. The molecule has 1 aliphatic rings. The number of nitrogens with zero attached hydrogens (tertiary/aromatic N) is 1. The summed E-state index contributed by atoms with van der Waals surface area (Å²) < 4.78 is 10.5. The average molecular weight is 357 g/mol. The molecule has 0 aliphatic carbocycles. The highest BCUT2D eigenvalue weighted by Crippen LogP contribution is 2.20. The van der Waals surface area contributed by atoms with Gasteiger partial charge in [-0.15, -0.1) is 0 Å². The molecule has 0 radical (unpaired) electrons. The molecule has 2 aromatic rings. The number of hydrogen-bond donors (Lipinski definition) is 2. The van der Waals surface area contributed by atoms with E-state index in [2.05, 4.69) is 10.9 Å². The van der Waals surface area contributed by atoms with Crippen LogP contribution in [0.3, 0.4) is 0 Å². The van der Waals surface area contributed by atoms with Gasteiger partial charge in [-0.05, 0) is 24.3 Å². The van der Waals surface area contributed by atoms with Crippen molar-refractivity contribution in [3.63, 3.8) is 0 Å². The van der Waals surface area contributed by atoms with Crippen LogP contribution in [0.1, 0.15) is 12.2 Å². The van der Waals surface area contributed by atoms with Gasteiger partial charge in [0.1, 0.15) is 11.5 Å². The molecule has 26 heavy (non-hydrogen) atoms. The predicted molar refractivity (Wildman–Crippen MR) is 90.5 cm³/mol. The van der Waals surface area contributed by atoms with Gasteiger partial charge >= 0.3 is 0 Å². The monoisotopic (exact) mass is 357 g/mol. The lowest BCUT2D eigenvalue weighted by molar-refractivity contribution is -0.132. The number of rotatable bonds is 6. The van der Waals surface area contributed by atoms with E-state index in [0.29, 0.717) is 18.1 Å². The zero-order valence-corrected chi connectivity index (χ0v) is 14.0. The van der Waals surface area contributed by atoms with E-state index in [0.717, 1.165) is 0 Å². The lowest BCUT2D eigenvalue weighted by atomic mass is 10.1. The van der Waals surface area contributed by atoms with Gasteiger partial charge in [-0.3, -0.25) is 25.2 Å². The van der Waals surface area contributed by atoms with Gasteiger partial charge in [-0.2, -0.15) is 0 Å². The van der Waals surface area contributed by atoms with Crippen molar-refractivity contribution in [1.29, 1.82) is 0 Å². The highest BCUT2D eigenvalue weighted by atomic mass is 16.5. The molecule has 1 atom stereocenters. The Balaban J connectivity index is 1.40. The molecule has 2 heterocycles. The van der Waals surface area contributed by atoms with Gasteiger partial charge in [0.25, 0.3) is 5.91 Å². The molecule has 1 unspecified atom stereocenters. The van der Waals surface area contributed by atoms with Gasteiger partial charge in [0, 0.05) is 13.0 Å². The highest BCUT2D eigenvalue weighted by molar-refractivity contribution is 5.90. The maximum atomic E-state index is 12.1. The molecule has 3 amide bonds. The third-order valence-corrected chi connectivity index (χ3v) is 3.95. The first-order chi connectivity index (χ1) is 12.6. The van der Waals surface area contributed by atoms with Crippen molar-refractivity contribution in [2.75, 3.05) is 13.2 Å². The Morgan fingerprint density at radius 2 is 1.96 bits per heavy atom. The van der Waals surface area contributed by atoms with E-state index >= 15 is 0 Å². The van der Waals surface area contributed by atoms with Gasteiger partial charge in [0.05, 0.1) is 18.7 Å². The lowest BCUT2D eigenvalue weighted by Crippen LogP contribution is -2.46. The summed E-state index contributed by atoms with van der Waals surface area (Å²) in [5.41, 5.74) is 4.63. The van der Waals surface area contributed by atoms with Crippen LogP contribution in [0, 0.1) is 5.92 Å². The van der Waals surface area contributed by atoms with Crippen molar-refractivity contribution >= 4 is 17.7 Å². The summed E-state index contributed by atoms with van der Waals surface area (Å²) in [5.74, 6) is -0.324. The van der Waals surface area contributed by atoms with Gasteiger partial charge in [0.2, 0.25) is 11.8 Å². The normalized spacial score (nSPS) is 16.4. The second-order valence-corrected chi connectivity index (χ2v) is 5.89. The molecule has 1 aliphatic heterocycles. The molecule has 8 nitrogen and oxygen atoms in total. The molecule has 0 saturated carbocycles. The first-order valence-electron chi connectivity index (χ1n) is 8.18. The van der Waals surface area contributed by atoms with Crippen molar-refractivity contribution in [2.45, 2.75) is 13.0 Å². The molecule has 1 aromatic heterocycles. The van der Waals surface area contributed by atoms with E-state index in [1.165, 1.54) is 6.26 Å².